The number of benzene rings is 1. The fourth-order valence-corrected chi connectivity index (χ4v) is 2.98. The molecule has 1 aromatic carbocycles. The van der Waals surface area contributed by atoms with Gasteiger partial charge in [0.05, 0.1) is 15.7 Å². The number of para-hydroxylation sites is 1. The SMILES string of the molecule is CCc1ccc(CNc2c(Cl)cccc2Cl)s1. The van der Waals surface area contributed by atoms with Gasteiger partial charge in [-0.15, -0.1) is 11.3 Å². The molecule has 1 N–H and O–H groups in total. The van der Waals surface area contributed by atoms with Crippen molar-refractivity contribution in [3.8, 4) is 0 Å². The number of halogens is 2. The van der Waals surface area contributed by atoms with Gasteiger partial charge in [0.15, 0.2) is 0 Å². The van der Waals surface area contributed by atoms with Crippen LogP contribution in [0.3, 0.4) is 0 Å². The number of thiophene rings is 1. The fraction of sp³-hybridized carbons (Fsp3) is 0.231. The maximum atomic E-state index is 6.08. The first-order valence-electron chi connectivity index (χ1n) is 5.46. The summed E-state index contributed by atoms with van der Waals surface area (Å²) in [5.74, 6) is 0. The van der Waals surface area contributed by atoms with Crippen molar-refractivity contribution in [2.24, 2.45) is 0 Å². The van der Waals surface area contributed by atoms with Crippen molar-refractivity contribution in [2.45, 2.75) is 19.9 Å². The second kappa shape index (κ2) is 5.76. The highest BCUT2D eigenvalue weighted by Crippen LogP contribution is 2.30. The predicted molar refractivity (Wildman–Crippen MR) is 77.5 cm³/mol. The van der Waals surface area contributed by atoms with Crippen LogP contribution in [0.25, 0.3) is 0 Å². The summed E-state index contributed by atoms with van der Waals surface area (Å²) < 4.78 is 0. The van der Waals surface area contributed by atoms with Gasteiger partial charge in [0.1, 0.15) is 0 Å². The van der Waals surface area contributed by atoms with E-state index in [9.17, 15) is 0 Å². The molecule has 0 aliphatic carbocycles. The number of anilines is 1. The van der Waals surface area contributed by atoms with Gasteiger partial charge in [-0.05, 0) is 30.7 Å². The lowest BCUT2D eigenvalue weighted by Gasteiger charge is -2.08. The van der Waals surface area contributed by atoms with Crippen molar-refractivity contribution in [1.82, 2.24) is 0 Å². The van der Waals surface area contributed by atoms with Gasteiger partial charge >= 0.3 is 0 Å². The Labute approximate surface area is 115 Å². The van der Waals surface area contributed by atoms with Crippen LogP contribution < -0.4 is 5.32 Å². The van der Waals surface area contributed by atoms with Gasteiger partial charge in [-0.3, -0.25) is 0 Å². The summed E-state index contributed by atoms with van der Waals surface area (Å²) in [6, 6.07) is 9.82. The van der Waals surface area contributed by atoms with E-state index in [0.29, 0.717) is 10.0 Å². The van der Waals surface area contributed by atoms with E-state index in [2.05, 4.69) is 24.4 Å². The number of aryl methyl sites for hydroxylation is 1. The maximum Gasteiger partial charge on any atom is 0.0721 e. The fourth-order valence-electron chi connectivity index (χ4n) is 1.55. The Balaban J connectivity index is 2.07. The zero-order valence-electron chi connectivity index (χ0n) is 9.47. The van der Waals surface area contributed by atoms with Crippen molar-refractivity contribution in [2.75, 3.05) is 5.32 Å². The number of hydrogen-bond acceptors (Lipinski definition) is 2. The molecule has 0 saturated heterocycles. The molecule has 1 heterocycles. The minimum absolute atomic E-state index is 0.657. The lowest BCUT2D eigenvalue weighted by atomic mass is 10.3. The third-order valence-electron chi connectivity index (χ3n) is 2.47. The quantitative estimate of drug-likeness (QED) is 0.811. The summed E-state index contributed by atoms with van der Waals surface area (Å²) in [5, 5.41) is 4.60. The zero-order valence-corrected chi connectivity index (χ0v) is 11.8. The molecule has 0 radical (unpaired) electrons. The molecule has 4 heteroatoms. The van der Waals surface area contributed by atoms with Crippen molar-refractivity contribution in [3.63, 3.8) is 0 Å². The Bertz CT molecular complexity index is 488. The molecule has 0 aliphatic heterocycles. The molecule has 1 aromatic heterocycles. The molecular formula is C13H13Cl2NS. The highest BCUT2D eigenvalue weighted by Gasteiger charge is 2.05. The van der Waals surface area contributed by atoms with Crippen molar-refractivity contribution in [1.29, 1.82) is 0 Å². The summed E-state index contributed by atoms with van der Waals surface area (Å²) in [6.07, 6.45) is 1.08. The Morgan fingerprint density at radius 1 is 1.06 bits per heavy atom. The number of rotatable bonds is 4. The summed E-state index contributed by atoms with van der Waals surface area (Å²) in [7, 11) is 0. The van der Waals surface area contributed by atoms with E-state index in [1.165, 1.54) is 9.75 Å². The second-order valence-electron chi connectivity index (χ2n) is 3.67. The van der Waals surface area contributed by atoms with Crippen LogP contribution in [0.2, 0.25) is 10.0 Å². The van der Waals surface area contributed by atoms with E-state index in [1.807, 2.05) is 29.5 Å². The Morgan fingerprint density at radius 2 is 1.71 bits per heavy atom. The minimum Gasteiger partial charge on any atom is -0.378 e. The smallest absolute Gasteiger partial charge is 0.0721 e. The average Bonchev–Trinajstić information content (AvgIpc) is 2.76. The van der Waals surface area contributed by atoms with E-state index < -0.39 is 0 Å². The molecule has 90 valence electrons. The maximum absolute atomic E-state index is 6.08. The van der Waals surface area contributed by atoms with E-state index in [4.69, 9.17) is 23.2 Å². The third-order valence-corrected chi connectivity index (χ3v) is 4.33. The summed E-state index contributed by atoms with van der Waals surface area (Å²) in [6.45, 7) is 2.92. The largest absolute Gasteiger partial charge is 0.378 e. The minimum atomic E-state index is 0.657. The Kier molecular flexibility index (Phi) is 4.32. The molecule has 1 nitrogen and oxygen atoms in total. The van der Waals surface area contributed by atoms with Crippen molar-refractivity contribution >= 4 is 40.2 Å². The summed E-state index contributed by atoms with van der Waals surface area (Å²) in [4.78, 5) is 2.69. The average molecular weight is 286 g/mol. The normalized spacial score (nSPS) is 10.5. The molecule has 0 fully saturated rings. The van der Waals surface area contributed by atoms with Crippen LogP contribution in [-0.2, 0) is 13.0 Å². The molecule has 2 aromatic rings. The van der Waals surface area contributed by atoms with Gasteiger partial charge in [-0.2, -0.15) is 0 Å². The van der Waals surface area contributed by atoms with Gasteiger partial charge in [0.2, 0.25) is 0 Å². The van der Waals surface area contributed by atoms with Crippen molar-refractivity contribution in [3.05, 3.63) is 50.1 Å². The Morgan fingerprint density at radius 3 is 2.29 bits per heavy atom. The second-order valence-corrected chi connectivity index (χ2v) is 5.74. The van der Waals surface area contributed by atoms with Crippen LogP contribution in [-0.4, -0.2) is 0 Å². The topological polar surface area (TPSA) is 12.0 Å². The molecule has 17 heavy (non-hydrogen) atoms. The van der Waals surface area contributed by atoms with Crippen molar-refractivity contribution < 1.29 is 0 Å². The molecule has 0 spiro atoms. The number of hydrogen-bond donors (Lipinski definition) is 1. The number of nitrogens with one attached hydrogen (secondary N) is 1. The summed E-state index contributed by atoms with van der Waals surface area (Å²) in [5.41, 5.74) is 0.808. The van der Waals surface area contributed by atoms with Gasteiger partial charge in [0, 0.05) is 16.3 Å². The first-order chi connectivity index (χ1) is 8.20. The molecule has 0 saturated carbocycles. The van der Waals surface area contributed by atoms with Gasteiger partial charge in [-0.1, -0.05) is 36.2 Å². The highest BCUT2D eigenvalue weighted by atomic mass is 35.5. The molecule has 0 amide bonds. The van der Waals surface area contributed by atoms with E-state index >= 15 is 0 Å². The van der Waals surface area contributed by atoms with Gasteiger partial charge < -0.3 is 5.32 Å². The monoisotopic (exact) mass is 285 g/mol. The van der Waals surface area contributed by atoms with E-state index in [1.54, 1.807) is 0 Å². The first kappa shape index (κ1) is 12.7. The standard InChI is InChI=1S/C13H13Cl2NS/c1-2-9-6-7-10(17-9)8-16-13-11(14)4-3-5-12(13)15/h3-7,16H,2,8H2,1H3. The lowest BCUT2D eigenvalue weighted by molar-refractivity contribution is 1.19. The van der Waals surface area contributed by atoms with Crippen LogP contribution in [0.5, 0.6) is 0 Å². The predicted octanol–water partition coefficient (Wildman–Crippen LogP) is 5.23. The van der Waals surface area contributed by atoms with Gasteiger partial charge in [-0.25, -0.2) is 0 Å². The third kappa shape index (κ3) is 3.15. The van der Waals surface area contributed by atoms with Crippen LogP contribution in [0.4, 0.5) is 5.69 Å². The molecular weight excluding hydrogens is 273 g/mol. The zero-order chi connectivity index (χ0) is 12.3. The van der Waals surface area contributed by atoms with Crippen LogP contribution in [0.1, 0.15) is 16.7 Å². The lowest BCUT2D eigenvalue weighted by Crippen LogP contribution is -1.98. The van der Waals surface area contributed by atoms with E-state index in [0.717, 1.165) is 18.7 Å². The molecule has 0 bridgehead atoms. The van der Waals surface area contributed by atoms with Crippen LogP contribution in [0, 0.1) is 0 Å². The highest BCUT2D eigenvalue weighted by molar-refractivity contribution is 7.12. The van der Waals surface area contributed by atoms with E-state index in [-0.39, 0.29) is 0 Å². The molecule has 0 unspecified atom stereocenters. The molecule has 0 aliphatic rings. The Hall–Kier alpha value is -0.700. The summed E-state index contributed by atoms with van der Waals surface area (Å²) >= 11 is 14.0. The van der Waals surface area contributed by atoms with Gasteiger partial charge in [0.25, 0.3) is 0 Å². The van der Waals surface area contributed by atoms with Crippen LogP contribution >= 0.6 is 34.5 Å². The first-order valence-corrected chi connectivity index (χ1v) is 7.03. The van der Waals surface area contributed by atoms with Crippen LogP contribution in [0.15, 0.2) is 30.3 Å². The molecule has 0 atom stereocenters. The molecule has 2 rings (SSSR count).